The summed E-state index contributed by atoms with van der Waals surface area (Å²) in [5.74, 6) is -0.176. The molecule has 1 atom stereocenters. The molecule has 13 heteroatoms. The molecule has 2 heterocycles. The van der Waals surface area contributed by atoms with Crippen LogP contribution in [0.2, 0.25) is 0 Å². The molecule has 49 heavy (non-hydrogen) atoms. The number of fused-ring (bicyclic) bond motifs is 1. The molecular formula is C36H36N2O8S3. The normalized spacial score (nSPS) is 14.6. The average Bonchev–Trinajstić information content (AvgIpc) is 3.73. The highest BCUT2D eigenvalue weighted by atomic mass is 32.3. The first-order valence-electron chi connectivity index (χ1n) is 15.5. The molecule has 1 aliphatic heterocycles. The monoisotopic (exact) mass is 720 g/mol. The molecule has 256 valence electrons. The highest BCUT2D eigenvalue weighted by Gasteiger charge is 2.38. The van der Waals surface area contributed by atoms with Crippen molar-refractivity contribution in [2.24, 2.45) is 0 Å². The molecule has 1 N–H and O–H groups in total. The average molecular weight is 721 g/mol. The second-order valence-corrected chi connectivity index (χ2v) is 18.2. The number of hydrogen-bond donors (Lipinski definition) is 1. The predicted octanol–water partition coefficient (Wildman–Crippen LogP) is 6.35. The number of nitrogens with zero attached hydrogens (tertiary/aromatic N) is 2. The van der Waals surface area contributed by atoms with E-state index in [1.807, 2.05) is 6.92 Å². The first-order chi connectivity index (χ1) is 23.1. The van der Waals surface area contributed by atoms with E-state index >= 15 is 0 Å². The van der Waals surface area contributed by atoms with Crippen molar-refractivity contribution in [1.29, 1.82) is 0 Å². The molecule has 5 aromatic rings. The zero-order valence-electron chi connectivity index (χ0n) is 27.4. The fourth-order valence-corrected chi connectivity index (χ4v) is 10.7. The van der Waals surface area contributed by atoms with Gasteiger partial charge in [-0.2, -0.15) is 4.31 Å². The molecule has 0 saturated heterocycles. The highest BCUT2D eigenvalue weighted by molar-refractivity contribution is 8.04. The van der Waals surface area contributed by atoms with E-state index < -0.39 is 42.5 Å². The summed E-state index contributed by atoms with van der Waals surface area (Å²) in [5, 5.41) is 11.4. The molecule has 0 amide bonds. The molecule has 4 aromatic carbocycles. The Morgan fingerprint density at radius 1 is 0.673 bits per heavy atom. The van der Waals surface area contributed by atoms with E-state index in [-0.39, 0.29) is 39.3 Å². The molecule has 10 nitrogen and oxygen atoms in total. The van der Waals surface area contributed by atoms with Gasteiger partial charge in [0.2, 0.25) is 10.0 Å². The zero-order valence-corrected chi connectivity index (χ0v) is 29.8. The summed E-state index contributed by atoms with van der Waals surface area (Å²) >= 11 is 0. The van der Waals surface area contributed by atoms with Crippen molar-refractivity contribution in [1.82, 2.24) is 8.02 Å². The van der Waals surface area contributed by atoms with Crippen LogP contribution < -0.4 is 0 Å². The molecule has 0 radical (unpaired) electrons. The molecular weight excluding hydrogens is 685 g/mol. The van der Waals surface area contributed by atoms with Gasteiger partial charge >= 0.3 is 0 Å². The fourth-order valence-electron chi connectivity index (χ4n) is 5.77. The standard InChI is InChI=1S/C36H36N2O8S3/c1-24-5-13-30(14-6-24)47(40,41)37-21-28-11-19-33(36(39)34(28)23-37)27(4)35-20-12-29(46-35)22-38(48(42,43)31-15-7-25(2)8-16-31)49(44,45)32-17-9-26(3)10-18-32/h5-20,27,39H,21-23H2,1-4H3. The first-order valence-corrected chi connectivity index (χ1v) is 19.8. The van der Waals surface area contributed by atoms with Crippen molar-refractivity contribution < 1.29 is 34.8 Å². The molecule has 0 bridgehead atoms. The number of furan rings is 1. The summed E-state index contributed by atoms with van der Waals surface area (Å²) < 4.78 is 90.0. The van der Waals surface area contributed by atoms with E-state index in [9.17, 15) is 30.4 Å². The Morgan fingerprint density at radius 2 is 1.16 bits per heavy atom. The molecule has 1 aliphatic rings. The third-order valence-corrected chi connectivity index (χ3v) is 14.8. The van der Waals surface area contributed by atoms with Crippen molar-refractivity contribution in [2.75, 3.05) is 0 Å². The van der Waals surface area contributed by atoms with Crippen LogP contribution in [-0.4, -0.2) is 38.4 Å². The van der Waals surface area contributed by atoms with Gasteiger partial charge in [-0.25, -0.2) is 25.3 Å². The molecule has 6 rings (SSSR count). The number of aromatic hydroxyl groups is 1. The van der Waals surface area contributed by atoms with Crippen LogP contribution in [-0.2, 0) is 49.7 Å². The highest BCUT2D eigenvalue weighted by Crippen LogP contribution is 2.41. The number of phenolic OH excluding ortho intramolecular Hbond substituents is 1. The van der Waals surface area contributed by atoms with Gasteiger partial charge in [0.05, 0.1) is 21.2 Å². The van der Waals surface area contributed by atoms with Crippen LogP contribution in [0.1, 0.15) is 57.7 Å². The molecule has 0 aliphatic carbocycles. The smallest absolute Gasteiger partial charge is 0.256 e. The van der Waals surface area contributed by atoms with E-state index in [4.69, 9.17) is 4.42 Å². The number of rotatable bonds is 10. The van der Waals surface area contributed by atoms with Crippen molar-refractivity contribution >= 4 is 30.1 Å². The van der Waals surface area contributed by atoms with Gasteiger partial charge in [0.25, 0.3) is 20.0 Å². The van der Waals surface area contributed by atoms with Crippen LogP contribution in [0.15, 0.2) is 116 Å². The maximum Gasteiger partial charge on any atom is 0.256 e. The lowest BCUT2D eigenvalue weighted by Gasteiger charge is -2.21. The molecule has 0 saturated carbocycles. The fraction of sp³-hybridized carbons (Fsp3) is 0.222. The van der Waals surface area contributed by atoms with Gasteiger partial charge in [-0.15, -0.1) is 0 Å². The van der Waals surface area contributed by atoms with Crippen molar-refractivity contribution in [3.8, 4) is 5.75 Å². The lowest BCUT2D eigenvalue weighted by molar-refractivity contribution is 0.405. The maximum atomic E-state index is 13.9. The summed E-state index contributed by atoms with van der Waals surface area (Å²) in [6.45, 7) is 6.74. The van der Waals surface area contributed by atoms with Crippen LogP contribution in [0.4, 0.5) is 0 Å². The van der Waals surface area contributed by atoms with E-state index in [2.05, 4.69) is 0 Å². The minimum atomic E-state index is -4.56. The number of benzene rings is 4. The van der Waals surface area contributed by atoms with Crippen LogP contribution in [0, 0.1) is 20.8 Å². The van der Waals surface area contributed by atoms with E-state index in [0.29, 0.717) is 26.2 Å². The van der Waals surface area contributed by atoms with E-state index in [1.165, 1.54) is 34.6 Å². The molecule has 0 spiro atoms. The van der Waals surface area contributed by atoms with Crippen LogP contribution >= 0.6 is 0 Å². The van der Waals surface area contributed by atoms with Gasteiger partial charge < -0.3 is 9.52 Å². The van der Waals surface area contributed by atoms with Crippen LogP contribution in [0.25, 0.3) is 0 Å². The number of phenols is 1. The minimum Gasteiger partial charge on any atom is -0.507 e. The third-order valence-electron chi connectivity index (χ3n) is 8.79. The Kier molecular flexibility index (Phi) is 9.09. The Bertz CT molecular complexity index is 2270. The summed E-state index contributed by atoms with van der Waals surface area (Å²) in [4.78, 5) is -0.198. The lowest BCUT2D eigenvalue weighted by atomic mass is 9.94. The predicted molar refractivity (Wildman–Crippen MR) is 184 cm³/mol. The quantitative estimate of drug-likeness (QED) is 0.176. The SMILES string of the molecule is Cc1ccc(S(=O)(=O)N2Cc3ccc(C(C)c4ccc(CN(S(=O)(=O)c5ccc(C)cc5)S(=O)(=O)c5ccc(C)cc5)o4)c(O)c3C2)cc1. The number of sulfonamides is 3. The Labute approximate surface area is 287 Å². The third kappa shape index (κ3) is 6.56. The Morgan fingerprint density at radius 3 is 1.67 bits per heavy atom. The Hall–Kier alpha value is -4.27. The summed E-state index contributed by atoms with van der Waals surface area (Å²) in [6, 6.07) is 25.0. The van der Waals surface area contributed by atoms with E-state index in [0.717, 1.165) is 16.7 Å². The molecule has 1 unspecified atom stereocenters. The van der Waals surface area contributed by atoms with Gasteiger partial charge in [-0.3, -0.25) is 0 Å². The summed E-state index contributed by atoms with van der Waals surface area (Å²) in [5.41, 5.74) is 4.22. The van der Waals surface area contributed by atoms with E-state index in [1.54, 1.807) is 87.5 Å². The van der Waals surface area contributed by atoms with Crippen LogP contribution in [0.3, 0.4) is 0 Å². The maximum absolute atomic E-state index is 13.9. The second kappa shape index (κ2) is 12.9. The van der Waals surface area contributed by atoms with Crippen molar-refractivity contribution in [2.45, 2.75) is 67.9 Å². The zero-order chi connectivity index (χ0) is 35.3. The molecule has 1 aromatic heterocycles. The summed E-state index contributed by atoms with van der Waals surface area (Å²) in [6.07, 6.45) is 0. The topological polar surface area (TPSA) is 142 Å². The van der Waals surface area contributed by atoms with Crippen LogP contribution in [0.5, 0.6) is 5.75 Å². The van der Waals surface area contributed by atoms with Crippen molar-refractivity contribution in [3.05, 3.63) is 142 Å². The van der Waals surface area contributed by atoms with Gasteiger partial charge in [0.15, 0.2) is 0 Å². The molecule has 0 fully saturated rings. The van der Waals surface area contributed by atoms with Gasteiger partial charge in [-0.1, -0.05) is 75.9 Å². The number of hydrogen-bond acceptors (Lipinski definition) is 8. The van der Waals surface area contributed by atoms with Gasteiger partial charge in [0, 0.05) is 30.1 Å². The van der Waals surface area contributed by atoms with Gasteiger partial charge in [-0.05, 0) is 74.9 Å². The minimum absolute atomic E-state index is 0.00988. The summed E-state index contributed by atoms with van der Waals surface area (Å²) in [7, 11) is -12.9. The number of aryl methyl sites for hydroxylation is 3. The van der Waals surface area contributed by atoms with Gasteiger partial charge in [0.1, 0.15) is 17.3 Å². The largest absolute Gasteiger partial charge is 0.507 e. The lowest BCUT2D eigenvalue weighted by Crippen LogP contribution is -2.36. The Balaban J connectivity index is 1.29. The second-order valence-electron chi connectivity index (χ2n) is 12.3. The first kappa shape index (κ1) is 34.6. The van der Waals surface area contributed by atoms with Crippen molar-refractivity contribution in [3.63, 3.8) is 0 Å².